The number of nitrogens with one attached hydrogen (secondary N) is 1. The Bertz CT molecular complexity index is 518. The van der Waals surface area contributed by atoms with Crippen molar-refractivity contribution in [2.75, 3.05) is 20.8 Å². The van der Waals surface area contributed by atoms with Crippen molar-refractivity contribution in [2.45, 2.75) is 24.3 Å². The monoisotopic (exact) mass is 351 g/mol. The molecule has 0 aliphatic heterocycles. The molecule has 0 radical (unpaired) electrons. The highest BCUT2D eigenvalue weighted by Crippen LogP contribution is 2.27. The minimum Gasteiger partial charge on any atom is -0.495 e. The zero-order valence-electron chi connectivity index (χ0n) is 11.1. The number of sulfonamides is 1. The predicted octanol–water partition coefficient (Wildman–Crippen LogP) is 2.16. The van der Waals surface area contributed by atoms with Crippen LogP contribution >= 0.6 is 15.9 Å². The molecule has 0 fully saturated rings. The van der Waals surface area contributed by atoms with Crippen molar-refractivity contribution >= 4 is 26.0 Å². The minimum atomic E-state index is -3.64. The molecule has 1 aromatic rings. The summed E-state index contributed by atoms with van der Waals surface area (Å²) >= 11 is 3.26. The fraction of sp³-hybridized carbons (Fsp3) is 0.500. The van der Waals surface area contributed by atoms with E-state index in [1.54, 1.807) is 12.1 Å². The molecule has 0 saturated carbocycles. The number of ether oxygens (including phenoxy) is 2. The highest BCUT2D eigenvalue weighted by Gasteiger charge is 2.23. The van der Waals surface area contributed by atoms with Crippen LogP contribution in [0.1, 0.15) is 13.3 Å². The highest BCUT2D eigenvalue weighted by molar-refractivity contribution is 9.10. The van der Waals surface area contributed by atoms with E-state index >= 15 is 0 Å². The van der Waals surface area contributed by atoms with E-state index in [9.17, 15) is 8.42 Å². The Morgan fingerprint density at radius 1 is 1.37 bits per heavy atom. The summed E-state index contributed by atoms with van der Waals surface area (Å²) in [6.45, 7) is 2.22. The number of hydrogen-bond donors (Lipinski definition) is 1. The average molecular weight is 352 g/mol. The molecule has 1 rings (SSSR count). The maximum atomic E-state index is 12.3. The van der Waals surface area contributed by atoms with E-state index < -0.39 is 10.0 Å². The van der Waals surface area contributed by atoms with Gasteiger partial charge in [-0.05, 0) is 24.6 Å². The fourth-order valence-corrected chi connectivity index (χ4v) is 3.59. The quantitative estimate of drug-likeness (QED) is 0.817. The van der Waals surface area contributed by atoms with Gasteiger partial charge in [0.1, 0.15) is 10.6 Å². The second kappa shape index (κ2) is 7.23. The molecule has 0 aliphatic rings. The molecule has 0 aliphatic carbocycles. The third-order valence-corrected chi connectivity index (χ3v) is 4.63. The summed E-state index contributed by atoms with van der Waals surface area (Å²) in [5.41, 5.74) is 0. The largest absolute Gasteiger partial charge is 0.495 e. The molecule has 5 nitrogen and oxygen atoms in total. The lowest BCUT2D eigenvalue weighted by molar-refractivity contribution is 0.173. The Morgan fingerprint density at radius 2 is 2.05 bits per heavy atom. The van der Waals surface area contributed by atoms with Crippen LogP contribution in [0.25, 0.3) is 0 Å². The van der Waals surface area contributed by atoms with Crippen LogP contribution < -0.4 is 9.46 Å². The first-order chi connectivity index (χ1) is 8.94. The molecule has 0 aromatic heterocycles. The highest BCUT2D eigenvalue weighted by atomic mass is 79.9. The lowest BCUT2D eigenvalue weighted by Crippen LogP contribution is -2.37. The van der Waals surface area contributed by atoms with Gasteiger partial charge in [0.25, 0.3) is 0 Å². The van der Waals surface area contributed by atoms with Crippen LogP contribution in [0.4, 0.5) is 0 Å². The van der Waals surface area contributed by atoms with Crippen molar-refractivity contribution in [3.8, 4) is 5.75 Å². The van der Waals surface area contributed by atoms with Crippen LogP contribution in [0, 0.1) is 0 Å². The van der Waals surface area contributed by atoms with Gasteiger partial charge in [-0.3, -0.25) is 0 Å². The van der Waals surface area contributed by atoms with Gasteiger partial charge in [-0.2, -0.15) is 0 Å². The van der Waals surface area contributed by atoms with Crippen molar-refractivity contribution in [1.29, 1.82) is 0 Å². The van der Waals surface area contributed by atoms with Crippen LogP contribution in [0.3, 0.4) is 0 Å². The van der Waals surface area contributed by atoms with Crippen LogP contribution in [0.5, 0.6) is 5.75 Å². The molecular formula is C12H18BrNO4S. The van der Waals surface area contributed by atoms with E-state index in [2.05, 4.69) is 20.7 Å². The number of benzene rings is 1. The Morgan fingerprint density at radius 3 is 2.58 bits per heavy atom. The standard InChI is InChI=1S/C12H18BrNO4S/c1-4-10(8-17-2)14-19(15,16)12-7-9(13)5-6-11(12)18-3/h5-7,10,14H,4,8H2,1-3H3. The topological polar surface area (TPSA) is 64.6 Å². The molecular weight excluding hydrogens is 334 g/mol. The zero-order valence-corrected chi connectivity index (χ0v) is 13.5. The van der Waals surface area contributed by atoms with Gasteiger partial charge in [-0.25, -0.2) is 13.1 Å². The van der Waals surface area contributed by atoms with Crippen molar-refractivity contribution in [3.63, 3.8) is 0 Å². The van der Waals surface area contributed by atoms with Gasteiger partial charge in [0.05, 0.1) is 13.7 Å². The van der Waals surface area contributed by atoms with Gasteiger partial charge in [0, 0.05) is 17.6 Å². The molecule has 0 heterocycles. The first-order valence-electron chi connectivity index (χ1n) is 5.79. The van der Waals surface area contributed by atoms with Crippen molar-refractivity contribution in [2.24, 2.45) is 0 Å². The van der Waals surface area contributed by atoms with E-state index in [0.717, 1.165) is 0 Å². The normalized spacial score (nSPS) is 13.3. The Labute approximate surface area is 122 Å². The molecule has 0 amide bonds. The summed E-state index contributed by atoms with van der Waals surface area (Å²) in [6.07, 6.45) is 0.642. The summed E-state index contributed by atoms with van der Waals surface area (Å²) in [5.74, 6) is 0.308. The lowest BCUT2D eigenvalue weighted by atomic mass is 10.3. The molecule has 1 atom stereocenters. The van der Waals surface area contributed by atoms with Gasteiger partial charge in [-0.15, -0.1) is 0 Å². The van der Waals surface area contributed by atoms with E-state index in [4.69, 9.17) is 9.47 Å². The van der Waals surface area contributed by atoms with Crippen molar-refractivity contribution < 1.29 is 17.9 Å². The van der Waals surface area contributed by atoms with Gasteiger partial charge < -0.3 is 9.47 Å². The summed E-state index contributed by atoms with van der Waals surface area (Å²) in [7, 11) is -0.667. The van der Waals surface area contributed by atoms with E-state index in [-0.39, 0.29) is 10.9 Å². The zero-order chi connectivity index (χ0) is 14.5. The molecule has 1 unspecified atom stereocenters. The maximum Gasteiger partial charge on any atom is 0.244 e. The fourth-order valence-electron chi connectivity index (χ4n) is 1.58. The smallest absolute Gasteiger partial charge is 0.244 e. The Balaban J connectivity index is 3.09. The molecule has 1 N–H and O–H groups in total. The third-order valence-electron chi connectivity index (χ3n) is 2.60. The summed E-state index contributed by atoms with van der Waals surface area (Å²) < 4.78 is 38.0. The van der Waals surface area contributed by atoms with Gasteiger partial charge in [0.15, 0.2) is 0 Å². The molecule has 19 heavy (non-hydrogen) atoms. The molecule has 0 bridgehead atoms. The van der Waals surface area contributed by atoms with Gasteiger partial charge in [-0.1, -0.05) is 22.9 Å². The maximum absolute atomic E-state index is 12.3. The van der Waals surface area contributed by atoms with E-state index in [1.807, 2.05) is 6.92 Å². The first kappa shape index (κ1) is 16.4. The summed E-state index contributed by atoms with van der Waals surface area (Å²) in [4.78, 5) is 0.110. The number of halogens is 1. The number of methoxy groups -OCH3 is 2. The van der Waals surface area contributed by atoms with Crippen LogP contribution in [-0.4, -0.2) is 35.3 Å². The van der Waals surface area contributed by atoms with Crippen LogP contribution in [-0.2, 0) is 14.8 Å². The van der Waals surface area contributed by atoms with E-state index in [1.165, 1.54) is 20.3 Å². The summed E-state index contributed by atoms with van der Waals surface area (Å²) in [6, 6.07) is 4.58. The molecule has 108 valence electrons. The van der Waals surface area contributed by atoms with Crippen LogP contribution in [0.2, 0.25) is 0 Å². The molecule has 0 saturated heterocycles. The molecule has 0 spiro atoms. The molecule has 7 heteroatoms. The second-order valence-electron chi connectivity index (χ2n) is 3.98. The SMILES string of the molecule is CCC(COC)NS(=O)(=O)c1cc(Br)ccc1OC. The van der Waals surface area contributed by atoms with Crippen molar-refractivity contribution in [1.82, 2.24) is 4.72 Å². The Kier molecular flexibility index (Phi) is 6.25. The van der Waals surface area contributed by atoms with Crippen molar-refractivity contribution in [3.05, 3.63) is 22.7 Å². The molecule has 1 aromatic carbocycles. The van der Waals surface area contributed by atoms with Crippen LogP contribution in [0.15, 0.2) is 27.6 Å². The first-order valence-corrected chi connectivity index (χ1v) is 8.07. The third kappa shape index (κ3) is 4.45. The predicted molar refractivity (Wildman–Crippen MR) is 77.0 cm³/mol. The number of rotatable bonds is 7. The Hall–Kier alpha value is -0.630. The average Bonchev–Trinajstić information content (AvgIpc) is 2.38. The summed E-state index contributed by atoms with van der Waals surface area (Å²) in [5, 5.41) is 0. The van der Waals surface area contributed by atoms with Gasteiger partial charge in [0.2, 0.25) is 10.0 Å². The lowest BCUT2D eigenvalue weighted by Gasteiger charge is -2.17. The second-order valence-corrected chi connectivity index (χ2v) is 6.58. The minimum absolute atomic E-state index is 0.110. The van der Waals surface area contributed by atoms with E-state index in [0.29, 0.717) is 23.2 Å². The number of hydrogen-bond acceptors (Lipinski definition) is 4. The van der Waals surface area contributed by atoms with Gasteiger partial charge >= 0.3 is 0 Å².